The van der Waals surface area contributed by atoms with Gasteiger partial charge in [0.1, 0.15) is 17.7 Å². The maximum Gasteiger partial charge on any atom is 0.410 e. The lowest BCUT2D eigenvalue weighted by Gasteiger charge is -2.33. The van der Waals surface area contributed by atoms with Crippen molar-refractivity contribution in [3.63, 3.8) is 0 Å². The van der Waals surface area contributed by atoms with E-state index in [2.05, 4.69) is 16.7 Å². The highest BCUT2D eigenvalue weighted by molar-refractivity contribution is 5.69. The van der Waals surface area contributed by atoms with Gasteiger partial charge >= 0.3 is 6.09 Å². The molecule has 1 fully saturated rings. The minimum atomic E-state index is -0.570. The molecule has 2 aliphatic heterocycles. The smallest absolute Gasteiger partial charge is 0.410 e. The predicted molar refractivity (Wildman–Crippen MR) is 93.3 cm³/mol. The molecule has 138 valence electrons. The van der Waals surface area contributed by atoms with Crippen molar-refractivity contribution in [1.82, 2.24) is 9.47 Å². The first kappa shape index (κ1) is 18.3. The summed E-state index contributed by atoms with van der Waals surface area (Å²) in [5.74, 6) is 0.215. The zero-order valence-electron chi connectivity index (χ0n) is 15.5. The van der Waals surface area contributed by atoms with Gasteiger partial charge in [-0.3, -0.25) is 0 Å². The Bertz CT molecular complexity index is 786. The molecule has 1 amide bonds. The van der Waals surface area contributed by atoms with Gasteiger partial charge in [-0.25, -0.2) is 4.79 Å². The molecule has 1 aromatic rings. The Balaban J connectivity index is 1.95. The molecule has 3 heterocycles. The predicted octanol–water partition coefficient (Wildman–Crippen LogP) is 2.88. The van der Waals surface area contributed by atoms with Gasteiger partial charge in [-0.1, -0.05) is 0 Å². The summed E-state index contributed by atoms with van der Waals surface area (Å²) in [6, 6.07) is 4.42. The van der Waals surface area contributed by atoms with Crippen molar-refractivity contribution in [2.45, 2.75) is 58.2 Å². The number of carbonyl (C=O) groups is 1. The normalized spacial score (nSPS) is 18.0. The van der Waals surface area contributed by atoms with Crippen LogP contribution in [0.25, 0.3) is 0 Å². The minimum absolute atomic E-state index is 0.215. The summed E-state index contributed by atoms with van der Waals surface area (Å²) >= 11 is 0. The largest absolute Gasteiger partial charge is 0.444 e. The standard InChI is InChI=1S/C19H24N4O3/c1-19(2,3)26-18(24)22-6-7-23-16(12-22)14(10-20)15(11-21)17(23)13-4-8-25-9-5-13/h13H,4-9,12H2,1-3H3. The minimum Gasteiger partial charge on any atom is -0.444 e. The van der Waals surface area contributed by atoms with Crippen molar-refractivity contribution >= 4 is 6.09 Å². The fraction of sp³-hybridized carbons (Fsp3) is 0.632. The molecule has 0 aromatic carbocycles. The number of aromatic nitrogens is 1. The van der Waals surface area contributed by atoms with Crippen molar-refractivity contribution < 1.29 is 14.3 Å². The average molecular weight is 356 g/mol. The van der Waals surface area contributed by atoms with Crippen LogP contribution in [0.15, 0.2) is 0 Å². The first-order valence-electron chi connectivity index (χ1n) is 8.97. The second-order valence-electron chi connectivity index (χ2n) is 7.75. The van der Waals surface area contributed by atoms with E-state index in [0.29, 0.717) is 37.4 Å². The van der Waals surface area contributed by atoms with E-state index in [1.807, 2.05) is 20.8 Å². The monoisotopic (exact) mass is 356 g/mol. The fourth-order valence-electron chi connectivity index (χ4n) is 3.70. The number of ether oxygens (including phenoxy) is 2. The van der Waals surface area contributed by atoms with Gasteiger partial charge in [0.05, 0.1) is 23.4 Å². The zero-order chi connectivity index (χ0) is 18.9. The maximum absolute atomic E-state index is 12.4. The Labute approximate surface area is 153 Å². The lowest BCUT2D eigenvalue weighted by Crippen LogP contribution is -2.42. The molecule has 7 heteroatoms. The molecule has 7 nitrogen and oxygen atoms in total. The molecule has 1 aromatic heterocycles. The Morgan fingerprint density at radius 3 is 2.38 bits per heavy atom. The number of rotatable bonds is 1. The van der Waals surface area contributed by atoms with E-state index in [1.54, 1.807) is 4.90 Å². The van der Waals surface area contributed by atoms with E-state index in [4.69, 9.17) is 9.47 Å². The van der Waals surface area contributed by atoms with Crippen LogP contribution in [0.3, 0.4) is 0 Å². The van der Waals surface area contributed by atoms with Gasteiger partial charge in [-0.15, -0.1) is 0 Å². The number of amides is 1. The molecule has 0 N–H and O–H groups in total. The van der Waals surface area contributed by atoms with Gasteiger partial charge in [0.25, 0.3) is 0 Å². The van der Waals surface area contributed by atoms with Crippen LogP contribution in [-0.4, -0.2) is 40.9 Å². The first-order valence-corrected chi connectivity index (χ1v) is 8.97. The van der Waals surface area contributed by atoms with E-state index < -0.39 is 5.60 Å². The lowest BCUT2D eigenvalue weighted by atomic mass is 9.93. The Morgan fingerprint density at radius 2 is 1.81 bits per heavy atom. The van der Waals surface area contributed by atoms with Gasteiger partial charge < -0.3 is 18.9 Å². The maximum atomic E-state index is 12.4. The molecule has 1 saturated heterocycles. The van der Waals surface area contributed by atoms with Crippen molar-refractivity contribution in [1.29, 1.82) is 10.5 Å². The van der Waals surface area contributed by atoms with Crippen LogP contribution in [0.5, 0.6) is 0 Å². The summed E-state index contributed by atoms with van der Waals surface area (Å²) in [4.78, 5) is 14.0. The van der Waals surface area contributed by atoms with Crippen LogP contribution >= 0.6 is 0 Å². The van der Waals surface area contributed by atoms with E-state index in [-0.39, 0.29) is 18.6 Å². The molecule has 0 unspecified atom stereocenters. The highest BCUT2D eigenvalue weighted by Gasteiger charge is 2.34. The van der Waals surface area contributed by atoms with Gasteiger partial charge in [0, 0.05) is 37.9 Å². The van der Waals surface area contributed by atoms with Crippen LogP contribution in [0, 0.1) is 22.7 Å². The molecule has 0 bridgehead atoms. The van der Waals surface area contributed by atoms with Crippen molar-refractivity contribution in [2.75, 3.05) is 19.8 Å². The number of fused-ring (bicyclic) bond motifs is 1. The summed E-state index contributed by atoms with van der Waals surface area (Å²) in [7, 11) is 0. The average Bonchev–Trinajstić information content (AvgIpc) is 2.93. The van der Waals surface area contributed by atoms with E-state index in [1.165, 1.54) is 0 Å². The lowest BCUT2D eigenvalue weighted by molar-refractivity contribution is 0.0196. The Hall–Kier alpha value is -2.51. The molecule has 0 radical (unpaired) electrons. The topological polar surface area (TPSA) is 91.3 Å². The Morgan fingerprint density at radius 1 is 1.15 bits per heavy atom. The number of hydrogen-bond acceptors (Lipinski definition) is 5. The number of carbonyl (C=O) groups excluding carboxylic acids is 1. The molecule has 0 spiro atoms. The molecule has 0 atom stereocenters. The third-order valence-corrected chi connectivity index (χ3v) is 4.83. The molecule has 2 aliphatic rings. The third kappa shape index (κ3) is 3.40. The third-order valence-electron chi connectivity index (χ3n) is 4.83. The summed E-state index contributed by atoms with van der Waals surface area (Å²) in [5.41, 5.74) is 1.95. The number of nitrogens with zero attached hydrogens (tertiary/aromatic N) is 4. The summed E-state index contributed by atoms with van der Waals surface area (Å²) in [5, 5.41) is 19.3. The van der Waals surface area contributed by atoms with Gasteiger partial charge in [-0.2, -0.15) is 10.5 Å². The molecule has 0 saturated carbocycles. The first-order chi connectivity index (χ1) is 12.4. The van der Waals surface area contributed by atoms with E-state index in [9.17, 15) is 15.3 Å². The van der Waals surface area contributed by atoms with Crippen molar-refractivity contribution in [2.24, 2.45) is 0 Å². The van der Waals surface area contributed by atoms with Crippen LogP contribution in [-0.2, 0) is 22.6 Å². The van der Waals surface area contributed by atoms with Crippen molar-refractivity contribution in [3.05, 3.63) is 22.5 Å². The highest BCUT2D eigenvalue weighted by Crippen LogP contribution is 2.36. The quantitative estimate of drug-likeness (QED) is 0.771. The summed E-state index contributed by atoms with van der Waals surface area (Å²) in [6.07, 6.45) is 1.30. The van der Waals surface area contributed by atoms with Gasteiger partial charge in [-0.05, 0) is 33.6 Å². The summed E-state index contributed by atoms with van der Waals surface area (Å²) in [6.45, 7) is 8.18. The van der Waals surface area contributed by atoms with Crippen LogP contribution in [0.1, 0.15) is 62.0 Å². The molecular formula is C19H24N4O3. The van der Waals surface area contributed by atoms with Crippen molar-refractivity contribution in [3.8, 4) is 12.1 Å². The second-order valence-corrected chi connectivity index (χ2v) is 7.75. The number of hydrogen-bond donors (Lipinski definition) is 0. The fourth-order valence-corrected chi connectivity index (χ4v) is 3.70. The SMILES string of the molecule is CC(C)(C)OC(=O)N1CCn2c(c(C#N)c(C#N)c2C2CCOCC2)C1. The Kier molecular flexibility index (Phi) is 4.93. The molecular weight excluding hydrogens is 332 g/mol. The van der Waals surface area contributed by atoms with Crippen LogP contribution in [0.4, 0.5) is 4.79 Å². The van der Waals surface area contributed by atoms with E-state index >= 15 is 0 Å². The van der Waals surface area contributed by atoms with Crippen LogP contribution in [0.2, 0.25) is 0 Å². The molecule has 26 heavy (non-hydrogen) atoms. The van der Waals surface area contributed by atoms with Gasteiger partial charge in [0.15, 0.2) is 0 Å². The molecule has 3 rings (SSSR count). The van der Waals surface area contributed by atoms with Crippen LogP contribution < -0.4 is 0 Å². The summed E-state index contributed by atoms with van der Waals surface area (Å²) < 4.78 is 13.0. The molecule has 0 aliphatic carbocycles. The van der Waals surface area contributed by atoms with Gasteiger partial charge in [0.2, 0.25) is 0 Å². The second kappa shape index (κ2) is 7.01. The zero-order valence-corrected chi connectivity index (χ0v) is 15.5. The highest BCUT2D eigenvalue weighted by atomic mass is 16.6. The van der Waals surface area contributed by atoms with E-state index in [0.717, 1.165) is 24.2 Å². The number of nitriles is 2.